The summed E-state index contributed by atoms with van der Waals surface area (Å²) in [5.41, 5.74) is 1.31. The zero-order valence-electron chi connectivity index (χ0n) is 16.9. The van der Waals surface area contributed by atoms with Crippen molar-refractivity contribution in [2.45, 2.75) is 98.8 Å². The van der Waals surface area contributed by atoms with E-state index in [0.29, 0.717) is 10.8 Å². The summed E-state index contributed by atoms with van der Waals surface area (Å²) < 4.78 is 0. The predicted molar refractivity (Wildman–Crippen MR) is 102 cm³/mol. The zero-order chi connectivity index (χ0) is 18.0. The Kier molecular flexibility index (Phi) is 6.81. The average Bonchev–Trinajstić information content (AvgIpc) is 2.61. The van der Waals surface area contributed by atoms with Crippen molar-refractivity contribution < 1.29 is 10.5 Å². The van der Waals surface area contributed by atoms with E-state index in [4.69, 9.17) is 10.5 Å². The van der Waals surface area contributed by atoms with Gasteiger partial charge in [-0.15, -0.1) is 0 Å². The Balaban J connectivity index is 0.00000100. The van der Waals surface area contributed by atoms with Gasteiger partial charge in [0.2, 0.25) is 0 Å². The van der Waals surface area contributed by atoms with E-state index >= 15 is 0 Å². The molecule has 3 aliphatic carbocycles. The second-order valence-corrected chi connectivity index (χ2v) is 9.66. The Morgan fingerprint density at radius 1 is 0.958 bits per heavy atom. The molecule has 3 saturated carbocycles. The maximum Gasteiger partial charge on any atom is -0.0266 e. The third kappa shape index (κ3) is 3.18. The van der Waals surface area contributed by atoms with Crippen molar-refractivity contribution in [2.75, 3.05) is 0 Å². The van der Waals surface area contributed by atoms with E-state index in [1.165, 1.54) is 44.9 Å². The van der Waals surface area contributed by atoms with E-state index in [1.54, 1.807) is 19.3 Å². The minimum absolute atomic E-state index is 0.614. The van der Waals surface area contributed by atoms with Crippen molar-refractivity contribution in [3.8, 4) is 0 Å². The monoisotopic (exact) mass is 338 g/mol. The number of rotatable bonds is 3. The molecular weight excluding hydrogens is 296 g/mol. The average molecular weight is 339 g/mol. The molecule has 0 aromatic carbocycles. The van der Waals surface area contributed by atoms with Crippen LogP contribution in [0.4, 0.5) is 0 Å². The molecule has 0 aliphatic heterocycles. The first-order chi connectivity index (χ1) is 11.5. The molecule has 0 spiro atoms. The summed E-state index contributed by atoms with van der Waals surface area (Å²) in [5, 5.41) is 12.0. The third-order valence-corrected chi connectivity index (χ3v) is 9.20. The highest BCUT2D eigenvalue weighted by atomic mass is 17.0. The lowest BCUT2D eigenvalue weighted by Gasteiger charge is -2.62. The largest absolute Gasteiger partial charge is 0.255 e. The Hall–Kier alpha value is -0.0800. The maximum absolute atomic E-state index is 6.00. The van der Waals surface area contributed by atoms with Crippen molar-refractivity contribution in [2.24, 2.45) is 40.4 Å². The van der Waals surface area contributed by atoms with Crippen LogP contribution < -0.4 is 0 Å². The van der Waals surface area contributed by atoms with Crippen LogP contribution in [0.2, 0.25) is 0 Å². The highest BCUT2D eigenvalue weighted by Gasteiger charge is 2.56. The van der Waals surface area contributed by atoms with Gasteiger partial charge in [0.05, 0.1) is 0 Å². The van der Waals surface area contributed by atoms with Crippen LogP contribution in [0.1, 0.15) is 98.8 Å². The van der Waals surface area contributed by atoms with E-state index in [0.717, 1.165) is 29.6 Å². The van der Waals surface area contributed by atoms with E-state index in [9.17, 15) is 0 Å². The summed E-state index contributed by atoms with van der Waals surface area (Å²) in [7, 11) is 0. The molecule has 0 saturated heterocycles. The van der Waals surface area contributed by atoms with Gasteiger partial charge in [-0.1, -0.05) is 60.3 Å². The molecule has 3 rings (SSSR count). The Bertz CT molecular complexity index is 389. The van der Waals surface area contributed by atoms with Crippen LogP contribution in [0.3, 0.4) is 0 Å². The summed E-state index contributed by atoms with van der Waals surface area (Å²) >= 11 is 0. The quantitative estimate of drug-likeness (QED) is 0.425. The predicted octanol–water partition coefficient (Wildman–Crippen LogP) is 7.10. The maximum atomic E-state index is 6.00. The zero-order valence-corrected chi connectivity index (χ0v) is 16.9. The van der Waals surface area contributed by atoms with Crippen LogP contribution in [0, 0.1) is 40.4 Å². The van der Waals surface area contributed by atoms with E-state index in [-0.39, 0.29) is 0 Å². The SMILES string of the molecule is CCC(C)C1(C)CCC2C(CCC3CCCCC32C)C1CC.OO. The Morgan fingerprint density at radius 2 is 1.67 bits per heavy atom. The molecule has 2 N–H and O–H groups in total. The third-order valence-electron chi connectivity index (χ3n) is 9.20. The van der Waals surface area contributed by atoms with Crippen molar-refractivity contribution >= 4 is 0 Å². The Labute approximate surface area is 150 Å². The molecule has 7 atom stereocenters. The van der Waals surface area contributed by atoms with Gasteiger partial charge in [0, 0.05) is 0 Å². The smallest absolute Gasteiger partial charge is 0.0266 e. The normalized spacial score (nSPS) is 46.1. The van der Waals surface area contributed by atoms with Gasteiger partial charge in [-0.25, -0.2) is 0 Å². The lowest BCUT2D eigenvalue weighted by atomic mass is 9.43. The van der Waals surface area contributed by atoms with Crippen LogP contribution >= 0.6 is 0 Å². The van der Waals surface area contributed by atoms with Crippen LogP contribution in [0.25, 0.3) is 0 Å². The van der Waals surface area contributed by atoms with Gasteiger partial charge >= 0.3 is 0 Å². The van der Waals surface area contributed by atoms with E-state index in [1.807, 2.05) is 0 Å². The fourth-order valence-electron chi connectivity index (χ4n) is 7.49. The van der Waals surface area contributed by atoms with Gasteiger partial charge in [0.15, 0.2) is 0 Å². The summed E-state index contributed by atoms with van der Waals surface area (Å²) in [6.45, 7) is 12.8. The van der Waals surface area contributed by atoms with Gasteiger partial charge in [-0.05, 0) is 78.9 Å². The minimum atomic E-state index is 0.614. The number of fused-ring (bicyclic) bond motifs is 3. The first-order valence-corrected chi connectivity index (χ1v) is 10.7. The van der Waals surface area contributed by atoms with Crippen molar-refractivity contribution in [1.29, 1.82) is 0 Å². The summed E-state index contributed by atoms with van der Waals surface area (Å²) in [4.78, 5) is 0. The molecule has 0 amide bonds. The molecular formula is C22H42O2. The highest BCUT2D eigenvalue weighted by Crippen LogP contribution is 2.64. The molecule has 2 nitrogen and oxygen atoms in total. The molecule has 0 bridgehead atoms. The lowest BCUT2D eigenvalue weighted by molar-refractivity contribution is -0.176. The summed E-state index contributed by atoms with van der Waals surface area (Å²) in [6.07, 6.45) is 15.0. The summed E-state index contributed by atoms with van der Waals surface area (Å²) in [5.74, 6) is 5.04. The van der Waals surface area contributed by atoms with E-state index in [2.05, 4.69) is 34.6 Å². The topological polar surface area (TPSA) is 40.5 Å². The van der Waals surface area contributed by atoms with E-state index < -0.39 is 0 Å². The molecule has 2 heteroatoms. The first kappa shape index (κ1) is 20.2. The number of hydrogen-bond donors (Lipinski definition) is 2. The van der Waals surface area contributed by atoms with Crippen molar-refractivity contribution in [3.63, 3.8) is 0 Å². The van der Waals surface area contributed by atoms with Crippen LogP contribution in [0.15, 0.2) is 0 Å². The van der Waals surface area contributed by atoms with Crippen LogP contribution in [-0.4, -0.2) is 10.5 Å². The molecule has 0 aromatic rings. The summed E-state index contributed by atoms with van der Waals surface area (Å²) in [6, 6.07) is 0. The molecule has 3 aliphatic rings. The van der Waals surface area contributed by atoms with Crippen LogP contribution in [-0.2, 0) is 0 Å². The van der Waals surface area contributed by atoms with Crippen molar-refractivity contribution in [1.82, 2.24) is 0 Å². The van der Waals surface area contributed by atoms with Gasteiger partial charge in [0.1, 0.15) is 0 Å². The number of hydrogen-bond acceptors (Lipinski definition) is 2. The minimum Gasteiger partial charge on any atom is -0.255 e. The first-order valence-electron chi connectivity index (χ1n) is 10.7. The molecule has 7 unspecified atom stereocenters. The van der Waals surface area contributed by atoms with Gasteiger partial charge in [0.25, 0.3) is 0 Å². The van der Waals surface area contributed by atoms with Gasteiger partial charge in [-0.3, -0.25) is 10.5 Å². The van der Waals surface area contributed by atoms with Gasteiger partial charge in [-0.2, -0.15) is 0 Å². The fourth-order valence-corrected chi connectivity index (χ4v) is 7.49. The molecule has 0 radical (unpaired) electrons. The molecule has 24 heavy (non-hydrogen) atoms. The molecule has 0 aromatic heterocycles. The molecule has 142 valence electrons. The van der Waals surface area contributed by atoms with Crippen LogP contribution in [0.5, 0.6) is 0 Å². The fraction of sp³-hybridized carbons (Fsp3) is 1.00. The molecule has 0 heterocycles. The lowest BCUT2D eigenvalue weighted by Crippen LogP contribution is -2.54. The highest BCUT2D eigenvalue weighted by molar-refractivity contribution is 5.05. The molecule has 3 fully saturated rings. The Morgan fingerprint density at radius 3 is 2.29 bits per heavy atom. The standard InChI is InChI=1S/C22H40.H2O2/c1-6-16(3)21(4)15-13-20-18(19(21)7-2)12-11-17-10-8-9-14-22(17,20)5;1-2/h16-20H,6-15H2,1-5H3;1-2H. The second-order valence-electron chi connectivity index (χ2n) is 9.66. The van der Waals surface area contributed by atoms with Crippen molar-refractivity contribution in [3.05, 3.63) is 0 Å². The van der Waals surface area contributed by atoms with Gasteiger partial charge < -0.3 is 0 Å². The second kappa shape index (κ2) is 8.08.